The minimum Gasteiger partial charge on any atom is -0.463 e. The van der Waals surface area contributed by atoms with E-state index < -0.39 is 24.5 Å². The summed E-state index contributed by atoms with van der Waals surface area (Å²) in [6.07, 6.45) is 10.7. The Balaban J connectivity index is 1.19. The Labute approximate surface area is 262 Å². The van der Waals surface area contributed by atoms with Gasteiger partial charge in [-0.2, -0.15) is 0 Å². The van der Waals surface area contributed by atoms with Crippen LogP contribution in [0.15, 0.2) is 12.7 Å². The minimum absolute atomic E-state index is 0.106. The molecular formula is C32H43N5O8. The maximum absolute atomic E-state index is 13.5. The maximum atomic E-state index is 13.5. The van der Waals surface area contributed by atoms with E-state index in [9.17, 15) is 14.4 Å². The summed E-state index contributed by atoms with van der Waals surface area (Å²) in [6, 6.07) is 0.106. The second kappa shape index (κ2) is 13.6. The van der Waals surface area contributed by atoms with Crippen molar-refractivity contribution in [2.45, 2.75) is 114 Å². The van der Waals surface area contributed by atoms with Crippen molar-refractivity contribution in [3.05, 3.63) is 12.7 Å². The van der Waals surface area contributed by atoms with E-state index in [0.29, 0.717) is 30.2 Å². The largest absolute Gasteiger partial charge is 0.463 e. The number of carbonyl (C=O) groups excluding carboxylic acids is 3. The van der Waals surface area contributed by atoms with E-state index in [1.165, 1.54) is 6.33 Å². The summed E-state index contributed by atoms with van der Waals surface area (Å²) in [7, 11) is 0. The van der Waals surface area contributed by atoms with Crippen molar-refractivity contribution in [2.24, 2.45) is 17.8 Å². The van der Waals surface area contributed by atoms with Crippen LogP contribution in [0.5, 0.6) is 0 Å². The first-order chi connectivity index (χ1) is 22.0. The lowest BCUT2D eigenvalue weighted by molar-refractivity contribution is -0.174. The molecule has 13 nitrogen and oxygen atoms in total. The SMILES string of the molecule is O=C(OC[C@H]1OC(n2cnc3c(N[C@@H]4CCOC4)ncnc32)[C@H](OC(=O)C2CCCC2)[C@@H]1OC(=O)C1CCCC1)C1CCCC1. The van der Waals surface area contributed by atoms with Crippen molar-refractivity contribution < 1.29 is 38.1 Å². The highest BCUT2D eigenvalue weighted by Crippen LogP contribution is 2.39. The fourth-order valence-electron chi connectivity index (χ4n) is 7.55. The normalized spacial score (nSPS) is 29.5. The monoisotopic (exact) mass is 625 g/mol. The van der Waals surface area contributed by atoms with Gasteiger partial charge in [-0.15, -0.1) is 0 Å². The highest BCUT2D eigenvalue weighted by Gasteiger charge is 2.52. The molecule has 45 heavy (non-hydrogen) atoms. The highest BCUT2D eigenvalue weighted by atomic mass is 16.7. The lowest BCUT2D eigenvalue weighted by Crippen LogP contribution is -2.43. The van der Waals surface area contributed by atoms with Crippen LogP contribution in [0, 0.1) is 17.8 Å². The predicted molar refractivity (Wildman–Crippen MR) is 159 cm³/mol. The Bertz CT molecular complexity index is 1360. The van der Waals surface area contributed by atoms with E-state index in [0.717, 1.165) is 83.5 Å². The molecule has 5 aliphatic rings. The fourth-order valence-corrected chi connectivity index (χ4v) is 7.55. The second-order valence-corrected chi connectivity index (χ2v) is 13.2. The van der Waals surface area contributed by atoms with Gasteiger partial charge in [0.1, 0.15) is 19.0 Å². The van der Waals surface area contributed by atoms with Gasteiger partial charge < -0.3 is 29.0 Å². The molecule has 5 atom stereocenters. The van der Waals surface area contributed by atoms with Crippen molar-refractivity contribution in [2.75, 3.05) is 25.1 Å². The molecule has 1 unspecified atom stereocenters. The first-order valence-corrected chi connectivity index (χ1v) is 16.8. The average Bonchev–Trinajstić information content (AvgIpc) is 3.89. The van der Waals surface area contributed by atoms with Crippen LogP contribution >= 0.6 is 0 Å². The number of nitrogens with zero attached hydrogens (tertiary/aromatic N) is 4. The van der Waals surface area contributed by atoms with E-state index >= 15 is 0 Å². The molecule has 7 rings (SSSR count). The molecule has 0 amide bonds. The third-order valence-corrected chi connectivity index (χ3v) is 10.1. The number of rotatable bonds is 10. The third kappa shape index (κ3) is 6.51. The number of anilines is 1. The van der Waals surface area contributed by atoms with Gasteiger partial charge in [0.05, 0.1) is 36.7 Å². The Morgan fingerprint density at radius 1 is 0.800 bits per heavy atom. The van der Waals surface area contributed by atoms with Crippen LogP contribution < -0.4 is 5.32 Å². The van der Waals surface area contributed by atoms with Crippen LogP contribution in [0.1, 0.15) is 89.7 Å². The molecule has 0 radical (unpaired) electrons. The number of hydrogen-bond donors (Lipinski definition) is 1. The zero-order chi connectivity index (χ0) is 30.8. The van der Waals surface area contributed by atoms with Crippen LogP contribution in [0.2, 0.25) is 0 Å². The highest BCUT2D eigenvalue weighted by molar-refractivity contribution is 5.83. The molecule has 0 aromatic carbocycles. The lowest BCUT2D eigenvalue weighted by atomic mass is 10.1. The smallest absolute Gasteiger partial charge is 0.309 e. The van der Waals surface area contributed by atoms with Gasteiger partial charge in [-0.1, -0.05) is 38.5 Å². The van der Waals surface area contributed by atoms with Gasteiger partial charge >= 0.3 is 17.9 Å². The number of fused-ring (bicyclic) bond motifs is 1. The topological polar surface area (TPSA) is 153 Å². The summed E-state index contributed by atoms with van der Waals surface area (Å²) < 4.78 is 31.9. The second-order valence-electron chi connectivity index (χ2n) is 13.2. The van der Waals surface area contributed by atoms with Gasteiger partial charge in [0, 0.05) is 6.61 Å². The summed E-state index contributed by atoms with van der Waals surface area (Å²) >= 11 is 0. The molecule has 2 aliphatic heterocycles. The number of aromatic nitrogens is 4. The van der Waals surface area contributed by atoms with Crippen LogP contribution in [0.3, 0.4) is 0 Å². The summed E-state index contributed by atoms with van der Waals surface area (Å²) in [5, 5.41) is 3.40. The predicted octanol–water partition coefficient (Wildman–Crippen LogP) is 3.86. The quantitative estimate of drug-likeness (QED) is 0.301. The Morgan fingerprint density at radius 3 is 2.04 bits per heavy atom. The van der Waals surface area contributed by atoms with E-state index in [2.05, 4.69) is 20.3 Å². The van der Waals surface area contributed by atoms with Crippen molar-refractivity contribution >= 4 is 34.9 Å². The van der Waals surface area contributed by atoms with Crippen LogP contribution in [-0.4, -0.2) is 81.6 Å². The summed E-state index contributed by atoms with van der Waals surface area (Å²) in [6.45, 7) is 1.13. The van der Waals surface area contributed by atoms with Crippen molar-refractivity contribution in [3.63, 3.8) is 0 Å². The molecule has 3 saturated carbocycles. The van der Waals surface area contributed by atoms with Gasteiger partial charge in [0.15, 0.2) is 35.4 Å². The number of imidazole rings is 1. The van der Waals surface area contributed by atoms with E-state index in [1.807, 2.05) is 0 Å². The van der Waals surface area contributed by atoms with Gasteiger partial charge in [0.2, 0.25) is 0 Å². The van der Waals surface area contributed by atoms with Crippen molar-refractivity contribution in [3.8, 4) is 0 Å². The first-order valence-electron chi connectivity index (χ1n) is 16.8. The first kappa shape index (κ1) is 30.3. The third-order valence-electron chi connectivity index (χ3n) is 10.1. The molecule has 244 valence electrons. The van der Waals surface area contributed by atoms with Crippen LogP contribution in [0.4, 0.5) is 5.82 Å². The summed E-state index contributed by atoms with van der Waals surface area (Å²) in [5.41, 5.74) is 1.01. The van der Waals surface area contributed by atoms with Crippen LogP contribution in [-0.2, 0) is 38.1 Å². The molecule has 13 heteroatoms. The van der Waals surface area contributed by atoms with Gasteiger partial charge in [-0.25, -0.2) is 15.0 Å². The zero-order valence-corrected chi connectivity index (χ0v) is 25.6. The molecule has 0 bridgehead atoms. The Hall–Kier alpha value is -3.32. The molecule has 1 N–H and O–H groups in total. The van der Waals surface area contributed by atoms with E-state index in [1.54, 1.807) is 10.9 Å². The van der Waals surface area contributed by atoms with Crippen molar-refractivity contribution in [1.82, 2.24) is 19.5 Å². The molecule has 2 saturated heterocycles. The van der Waals surface area contributed by atoms with Crippen molar-refractivity contribution in [1.29, 1.82) is 0 Å². The summed E-state index contributed by atoms with van der Waals surface area (Å²) in [5.74, 6) is -0.944. The number of ether oxygens (including phenoxy) is 5. The lowest BCUT2D eigenvalue weighted by Gasteiger charge is -2.27. The van der Waals surface area contributed by atoms with Gasteiger partial charge in [0.25, 0.3) is 0 Å². The van der Waals surface area contributed by atoms with E-state index in [4.69, 9.17) is 23.7 Å². The molecule has 2 aromatic heterocycles. The van der Waals surface area contributed by atoms with Gasteiger partial charge in [-0.05, 0) is 44.9 Å². The molecule has 2 aromatic rings. The molecular weight excluding hydrogens is 582 g/mol. The number of hydrogen-bond acceptors (Lipinski definition) is 12. The molecule has 0 spiro atoms. The molecule has 5 fully saturated rings. The Morgan fingerprint density at radius 2 is 1.42 bits per heavy atom. The minimum atomic E-state index is -0.995. The zero-order valence-electron chi connectivity index (χ0n) is 25.6. The average molecular weight is 626 g/mol. The fraction of sp³-hybridized carbons (Fsp3) is 0.750. The van der Waals surface area contributed by atoms with Gasteiger partial charge in [-0.3, -0.25) is 19.0 Å². The number of esters is 3. The number of carbonyl (C=O) groups is 3. The molecule has 4 heterocycles. The molecule has 3 aliphatic carbocycles. The Kier molecular flexibility index (Phi) is 9.16. The van der Waals surface area contributed by atoms with E-state index in [-0.39, 0.29) is 48.3 Å². The standard InChI is InChI=1S/C32H43N5O8/c38-30(19-7-1-2-8-19)42-16-23-25(44-31(39)20-9-3-4-10-20)26(45-32(40)21-11-5-6-12-21)29(43-23)37-18-35-24-27(33-17-34-28(24)37)36-22-13-14-41-15-22/h17-23,25-26,29H,1-16H2,(H,33,34,36)/t22-,23-,25-,26-,29?/m1/s1. The summed E-state index contributed by atoms with van der Waals surface area (Å²) in [4.78, 5) is 53.4. The number of nitrogens with one attached hydrogen (secondary N) is 1. The van der Waals surface area contributed by atoms with Crippen LogP contribution in [0.25, 0.3) is 11.2 Å². The maximum Gasteiger partial charge on any atom is 0.309 e.